The van der Waals surface area contributed by atoms with Gasteiger partial charge in [-0.15, -0.1) is 0 Å². The number of nitrogens with zero attached hydrogens (tertiary/aromatic N) is 2. The molecule has 0 spiro atoms. The first-order valence-corrected chi connectivity index (χ1v) is 21.2. The van der Waals surface area contributed by atoms with E-state index in [9.17, 15) is 0 Å². The lowest BCUT2D eigenvalue weighted by molar-refractivity contribution is 0.586. The minimum absolute atomic E-state index is 0.964. The molecule has 6 aromatic rings. The van der Waals surface area contributed by atoms with Crippen molar-refractivity contribution in [1.29, 1.82) is 0 Å². The molecule has 0 aromatic heterocycles. The molecule has 7 N–H and O–H groups in total. The van der Waals surface area contributed by atoms with E-state index in [4.69, 9.17) is 0 Å². The van der Waals surface area contributed by atoms with Gasteiger partial charge >= 0.3 is 17.4 Å². The van der Waals surface area contributed by atoms with Gasteiger partial charge < -0.3 is 35.4 Å². The smallest absolute Gasteiger partial charge is 0.369 e. The normalized spacial score (nSPS) is 16.0. The monoisotopic (exact) mass is 681 g/mol. The average molecular weight is 682 g/mol. The summed E-state index contributed by atoms with van der Waals surface area (Å²) in [5, 5.41) is 0. The maximum atomic E-state index is 4.13. The van der Waals surface area contributed by atoms with E-state index in [1.165, 1.54) is 0 Å². The van der Waals surface area contributed by atoms with Crippen LogP contribution in [0, 0.1) is 0 Å². The number of para-hydroxylation sites is 6. The molecular weight excluding hydrogens is 643 g/mol. The van der Waals surface area contributed by atoms with Gasteiger partial charge in [-0.05, 0) is 72.8 Å². The summed E-state index contributed by atoms with van der Waals surface area (Å²) < 4.78 is 8.97. The summed E-state index contributed by atoms with van der Waals surface area (Å²) >= 11 is 0. The Labute approximate surface area is 286 Å². The van der Waals surface area contributed by atoms with E-state index in [1.807, 2.05) is 36.4 Å². The lowest BCUT2D eigenvalue weighted by Crippen LogP contribution is -2.96. The number of anilines is 6. The summed E-state index contributed by atoms with van der Waals surface area (Å²) in [7, 11) is -7.79. The molecule has 7 rings (SSSR count). The number of hydrogen-bond donors (Lipinski definition) is 7. The molecule has 0 bridgehead atoms. The van der Waals surface area contributed by atoms with Crippen LogP contribution in [0.15, 0.2) is 182 Å². The molecule has 0 unspecified atom stereocenters. The zero-order chi connectivity index (χ0) is 32.5. The highest BCUT2D eigenvalue weighted by atomic mass is 28.5. The number of rotatable bonds is 12. The van der Waals surface area contributed by atoms with Crippen molar-refractivity contribution in [3.05, 3.63) is 182 Å². The van der Waals surface area contributed by atoms with Crippen molar-refractivity contribution >= 4 is 61.4 Å². The van der Waals surface area contributed by atoms with Gasteiger partial charge in [0.25, 0.3) is 0 Å². The minimum atomic E-state index is -3.35. The Kier molecular flexibility index (Phi) is 9.51. The van der Waals surface area contributed by atoms with E-state index in [-0.39, 0.29) is 0 Å². The van der Waals surface area contributed by atoms with Gasteiger partial charge in [0.05, 0.1) is 0 Å². The molecule has 12 heteroatoms. The Morgan fingerprint density at radius 3 is 1.06 bits per heavy atom. The van der Waals surface area contributed by atoms with Crippen LogP contribution in [-0.2, 0) is 0 Å². The van der Waals surface area contributed by atoms with E-state index in [0.717, 1.165) is 34.1 Å². The SMILES string of the molecule is c1ccc(NN2[SiH2]N[Si](Nc3ccccc3)(Nc3ccccc3)N(Nc3ccccc3)[Si]2(Nc2ccccc2)Nc2ccccc2)cc1. The van der Waals surface area contributed by atoms with Crippen molar-refractivity contribution in [1.82, 2.24) is 13.3 Å². The van der Waals surface area contributed by atoms with Gasteiger partial charge in [0, 0.05) is 34.1 Å². The van der Waals surface area contributed by atoms with Crippen LogP contribution in [0.25, 0.3) is 0 Å². The number of hydrazine groups is 2. The number of benzene rings is 6. The third kappa shape index (κ3) is 7.13. The van der Waals surface area contributed by atoms with Crippen LogP contribution in [0.3, 0.4) is 0 Å². The number of nitrogens with one attached hydrogen (secondary N) is 7. The Hall–Kier alpha value is -5.35. The van der Waals surface area contributed by atoms with Gasteiger partial charge in [-0.1, -0.05) is 109 Å². The number of hydrogen-bond acceptors (Lipinski definition) is 9. The van der Waals surface area contributed by atoms with Crippen LogP contribution in [0.4, 0.5) is 34.1 Å². The van der Waals surface area contributed by atoms with Gasteiger partial charge in [-0.25, -0.2) is 4.34 Å². The first-order valence-electron chi connectivity index (χ1n) is 16.0. The second-order valence-corrected chi connectivity index (χ2v) is 20.0. The van der Waals surface area contributed by atoms with Crippen LogP contribution in [0.5, 0.6) is 0 Å². The molecule has 9 nitrogen and oxygen atoms in total. The molecule has 6 aromatic carbocycles. The van der Waals surface area contributed by atoms with Crippen molar-refractivity contribution in [2.75, 3.05) is 30.8 Å². The Balaban J connectivity index is 1.47. The van der Waals surface area contributed by atoms with Crippen LogP contribution < -0.4 is 35.4 Å². The van der Waals surface area contributed by atoms with E-state index >= 15 is 0 Å². The molecule has 0 atom stereocenters. The largest absolute Gasteiger partial charge is 0.461 e. The van der Waals surface area contributed by atoms with Crippen molar-refractivity contribution < 1.29 is 0 Å². The fraction of sp³-hybridized carbons (Fsp3) is 0. The molecule has 0 aliphatic carbocycles. The van der Waals surface area contributed by atoms with Crippen LogP contribution in [0.2, 0.25) is 0 Å². The van der Waals surface area contributed by atoms with Gasteiger partial charge in [0.1, 0.15) is 0 Å². The third-order valence-electron chi connectivity index (χ3n) is 7.98. The van der Waals surface area contributed by atoms with Crippen molar-refractivity contribution in [2.45, 2.75) is 0 Å². The van der Waals surface area contributed by atoms with Crippen LogP contribution >= 0.6 is 0 Å². The Morgan fingerprint density at radius 2 is 0.688 bits per heavy atom. The summed E-state index contributed by atoms with van der Waals surface area (Å²) in [6.45, 7) is 0. The maximum absolute atomic E-state index is 4.13. The summed E-state index contributed by atoms with van der Waals surface area (Å²) in [5.41, 5.74) is 13.8. The zero-order valence-electron chi connectivity index (χ0n) is 26.4. The topological polar surface area (TPSA) is 90.7 Å². The van der Waals surface area contributed by atoms with E-state index < -0.39 is 27.3 Å². The molecule has 1 heterocycles. The summed E-state index contributed by atoms with van der Waals surface area (Å²) in [4.78, 5) is 16.3. The standard InChI is InChI=1S/C36H39N9Si3/c1-7-19-31(20-8-1)37-44-46-43-47(39-33-23-11-3-12-24-33,40-34-25-13-4-14-26-34)45(38-32-21-9-2-10-22-32)48(44,41-35-27-15-5-16-28-35)42-36-29-17-6-18-30-36/h1-30,37-43H,46H2. The second kappa shape index (κ2) is 14.6. The first-order chi connectivity index (χ1) is 23.7. The van der Waals surface area contributed by atoms with Gasteiger partial charge in [-0.3, -0.25) is 0 Å². The Bertz CT molecular complexity index is 1760. The Morgan fingerprint density at radius 1 is 0.375 bits per heavy atom. The highest BCUT2D eigenvalue weighted by molar-refractivity contribution is 7.03. The highest BCUT2D eigenvalue weighted by Gasteiger charge is 2.64. The molecule has 1 aliphatic heterocycles. The molecule has 0 saturated carbocycles. The molecule has 48 heavy (non-hydrogen) atoms. The van der Waals surface area contributed by atoms with Gasteiger partial charge in [0.2, 0.25) is 0 Å². The lowest BCUT2D eigenvalue weighted by atomic mass is 10.3. The molecule has 240 valence electrons. The van der Waals surface area contributed by atoms with Crippen LogP contribution in [-0.4, -0.2) is 36.0 Å². The van der Waals surface area contributed by atoms with E-state index in [0.29, 0.717) is 0 Å². The summed E-state index contributed by atoms with van der Waals surface area (Å²) in [6.07, 6.45) is 0. The minimum Gasteiger partial charge on any atom is -0.369 e. The van der Waals surface area contributed by atoms with Gasteiger partial charge in [0.15, 0.2) is 9.84 Å². The molecule has 0 radical (unpaired) electrons. The fourth-order valence-electron chi connectivity index (χ4n) is 5.76. The summed E-state index contributed by atoms with van der Waals surface area (Å²) in [5.74, 6) is 0. The molecular formula is C36H39N9Si3. The molecule has 1 fully saturated rings. The van der Waals surface area contributed by atoms with Crippen molar-refractivity contribution in [2.24, 2.45) is 0 Å². The fourth-order valence-corrected chi connectivity index (χ4v) is 19.8. The van der Waals surface area contributed by atoms with E-state index in [2.05, 4.69) is 190 Å². The summed E-state index contributed by atoms with van der Waals surface area (Å²) in [6, 6.07) is 62.5. The second-order valence-electron chi connectivity index (χ2n) is 11.4. The van der Waals surface area contributed by atoms with Gasteiger partial charge in [-0.2, -0.15) is 4.34 Å². The lowest BCUT2D eigenvalue weighted by Gasteiger charge is -2.58. The molecule has 1 aliphatic rings. The maximum Gasteiger partial charge on any atom is 0.461 e. The predicted octanol–water partition coefficient (Wildman–Crippen LogP) is 6.57. The average Bonchev–Trinajstić information content (AvgIpc) is 3.14. The predicted molar refractivity (Wildman–Crippen MR) is 207 cm³/mol. The molecule has 0 amide bonds. The zero-order valence-corrected chi connectivity index (χ0v) is 29.8. The van der Waals surface area contributed by atoms with Crippen LogP contribution in [0.1, 0.15) is 0 Å². The third-order valence-corrected chi connectivity index (χ3v) is 20.0. The highest BCUT2D eigenvalue weighted by Crippen LogP contribution is 2.31. The molecule has 1 saturated heterocycles. The van der Waals surface area contributed by atoms with E-state index in [1.54, 1.807) is 0 Å². The quantitative estimate of drug-likeness (QED) is 0.0726. The van der Waals surface area contributed by atoms with Crippen molar-refractivity contribution in [3.63, 3.8) is 0 Å². The van der Waals surface area contributed by atoms with Crippen molar-refractivity contribution in [3.8, 4) is 0 Å². The first kappa shape index (κ1) is 31.3.